The molecule has 2 aliphatic rings. The van der Waals surface area contributed by atoms with E-state index in [9.17, 15) is 8.42 Å². The van der Waals surface area contributed by atoms with E-state index in [4.69, 9.17) is 9.47 Å². The second-order valence-corrected chi connectivity index (χ2v) is 7.84. The molecule has 124 valence electrons. The average molecular weight is 321 g/mol. The van der Waals surface area contributed by atoms with Crippen molar-refractivity contribution in [2.24, 2.45) is 0 Å². The summed E-state index contributed by atoms with van der Waals surface area (Å²) in [5.41, 5.74) is -0.289. The Kier molecular flexibility index (Phi) is 5.61. The fraction of sp³-hybridized carbons (Fsp3) is 1.00. The van der Waals surface area contributed by atoms with Crippen LogP contribution in [0.3, 0.4) is 0 Å². The Morgan fingerprint density at radius 1 is 1.48 bits per heavy atom. The summed E-state index contributed by atoms with van der Waals surface area (Å²) in [6.07, 6.45) is 1.88. The summed E-state index contributed by atoms with van der Waals surface area (Å²) in [6.45, 7) is 6.33. The summed E-state index contributed by atoms with van der Waals surface area (Å²) in [5.74, 6) is 0. The van der Waals surface area contributed by atoms with Crippen LogP contribution in [0.1, 0.15) is 26.7 Å². The van der Waals surface area contributed by atoms with Crippen molar-refractivity contribution in [3.05, 3.63) is 0 Å². The van der Waals surface area contributed by atoms with Gasteiger partial charge in [0.15, 0.2) is 0 Å². The third kappa shape index (κ3) is 4.14. The smallest absolute Gasteiger partial charge is 0.279 e. The number of rotatable bonds is 6. The van der Waals surface area contributed by atoms with Crippen LogP contribution in [0.2, 0.25) is 0 Å². The van der Waals surface area contributed by atoms with Crippen molar-refractivity contribution < 1.29 is 17.9 Å². The standard InChI is InChI=1S/C13H27N3O4S/c1-11-8-20-12(2)7-16(11)21(17,18)15-9-13(10-19-3)5-4-6-14-13/h11-12,14-15H,4-10H2,1-3H3. The van der Waals surface area contributed by atoms with Gasteiger partial charge in [0.1, 0.15) is 0 Å². The van der Waals surface area contributed by atoms with Gasteiger partial charge < -0.3 is 14.8 Å². The predicted octanol–water partition coefficient (Wildman–Crippen LogP) is -0.301. The molecule has 0 amide bonds. The van der Waals surface area contributed by atoms with Crippen molar-refractivity contribution in [1.82, 2.24) is 14.3 Å². The van der Waals surface area contributed by atoms with Crippen molar-refractivity contribution in [2.45, 2.75) is 44.4 Å². The molecule has 7 nitrogen and oxygen atoms in total. The Hall–Kier alpha value is -0.250. The molecule has 2 saturated heterocycles. The summed E-state index contributed by atoms with van der Waals surface area (Å²) < 4.78 is 40.0. The molecular formula is C13H27N3O4S. The van der Waals surface area contributed by atoms with Gasteiger partial charge in [0, 0.05) is 26.2 Å². The van der Waals surface area contributed by atoms with Gasteiger partial charge in [0.2, 0.25) is 0 Å². The Labute approximate surface area is 127 Å². The molecule has 0 radical (unpaired) electrons. The largest absolute Gasteiger partial charge is 0.383 e. The quantitative estimate of drug-likeness (QED) is 0.702. The SMILES string of the molecule is COCC1(CNS(=O)(=O)N2CC(C)OCC2C)CCCN1. The first kappa shape index (κ1) is 17.1. The summed E-state index contributed by atoms with van der Waals surface area (Å²) in [7, 11) is -1.86. The molecule has 3 unspecified atom stereocenters. The molecule has 0 aromatic carbocycles. The fourth-order valence-corrected chi connectivity index (χ4v) is 4.56. The molecule has 0 saturated carbocycles. The normalized spacial score (nSPS) is 35.2. The monoisotopic (exact) mass is 321 g/mol. The van der Waals surface area contributed by atoms with Crippen LogP contribution in [0.5, 0.6) is 0 Å². The van der Waals surface area contributed by atoms with Gasteiger partial charge in [0.05, 0.1) is 24.9 Å². The summed E-state index contributed by atoms with van der Waals surface area (Å²) >= 11 is 0. The van der Waals surface area contributed by atoms with E-state index in [2.05, 4.69) is 10.0 Å². The molecule has 2 aliphatic heterocycles. The van der Waals surface area contributed by atoms with Crippen molar-refractivity contribution in [2.75, 3.05) is 40.0 Å². The highest BCUT2D eigenvalue weighted by Gasteiger charge is 2.38. The van der Waals surface area contributed by atoms with E-state index < -0.39 is 10.2 Å². The van der Waals surface area contributed by atoms with Crippen LogP contribution in [0, 0.1) is 0 Å². The number of nitrogens with zero attached hydrogens (tertiary/aromatic N) is 1. The second kappa shape index (κ2) is 6.89. The first-order valence-electron chi connectivity index (χ1n) is 7.50. The molecule has 2 fully saturated rings. The summed E-state index contributed by atoms with van der Waals surface area (Å²) in [4.78, 5) is 0. The molecular weight excluding hydrogens is 294 g/mol. The van der Waals surface area contributed by atoms with Gasteiger partial charge in [-0.1, -0.05) is 0 Å². The molecule has 0 spiro atoms. The Balaban J connectivity index is 1.99. The van der Waals surface area contributed by atoms with E-state index in [1.807, 2.05) is 13.8 Å². The van der Waals surface area contributed by atoms with Crippen molar-refractivity contribution in [1.29, 1.82) is 0 Å². The van der Waals surface area contributed by atoms with E-state index in [1.54, 1.807) is 7.11 Å². The van der Waals surface area contributed by atoms with Gasteiger partial charge >= 0.3 is 0 Å². The van der Waals surface area contributed by atoms with E-state index in [1.165, 1.54) is 4.31 Å². The summed E-state index contributed by atoms with van der Waals surface area (Å²) in [6, 6.07) is -0.145. The zero-order chi connectivity index (χ0) is 15.5. The molecule has 0 aromatic heterocycles. The minimum absolute atomic E-state index is 0.0738. The number of methoxy groups -OCH3 is 1. The maximum atomic E-state index is 12.5. The number of ether oxygens (including phenoxy) is 2. The van der Waals surface area contributed by atoms with Gasteiger partial charge in [-0.3, -0.25) is 0 Å². The summed E-state index contributed by atoms with van der Waals surface area (Å²) in [5, 5.41) is 3.37. The first-order chi connectivity index (χ1) is 9.88. The number of nitrogens with one attached hydrogen (secondary N) is 2. The maximum Gasteiger partial charge on any atom is 0.279 e. The topological polar surface area (TPSA) is 79.9 Å². The van der Waals surface area contributed by atoms with Gasteiger partial charge in [-0.25, -0.2) is 4.72 Å². The third-order valence-electron chi connectivity index (χ3n) is 4.21. The lowest BCUT2D eigenvalue weighted by atomic mass is 9.99. The number of hydrogen-bond donors (Lipinski definition) is 2. The lowest BCUT2D eigenvalue weighted by Gasteiger charge is -2.37. The minimum Gasteiger partial charge on any atom is -0.383 e. The van der Waals surface area contributed by atoms with Crippen molar-refractivity contribution >= 4 is 10.2 Å². The molecule has 8 heteroatoms. The number of morpholine rings is 1. The molecule has 2 heterocycles. The molecule has 0 aliphatic carbocycles. The van der Waals surface area contributed by atoms with Crippen LogP contribution in [0.25, 0.3) is 0 Å². The van der Waals surface area contributed by atoms with E-state index >= 15 is 0 Å². The van der Waals surface area contributed by atoms with Crippen LogP contribution >= 0.6 is 0 Å². The van der Waals surface area contributed by atoms with Gasteiger partial charge in [0.25, 0.3) is 10.2 Å². The Bertz CT molecular complexity index is 437. The van der Waals surface area contributed by atoms with Crippen LogP contribution in [-0.4, -0.2) is 70.4 Å². The van der Waals surface area contributed by atoms with Gasteiger partial charge in [-0.15, -0.1) is 0 Å². The first-order valence-corrected chi connectivity index (χ1v) is 8.94. The fourth-order valence-electron chi connectivity index (χ4n) is 2.99. The lowest BCUT2D eigenvalue weighted by Crippen LogP contribution is -2.58. The lowest BCUT2D eigenvalue weighted by molar-refractivity contribution is -0.0176. The third-order valence-corrected chi connectivity index (χ3v) is 5.84. The average Bonchev–Trinajstić information content (AvgIpc) is 2.89. The van der Waals surface area contributed by atoms with Gasteiger partial charge in [-0.05, 0) is 33.2 Å². The highest BCUT2D eigenvalue weighted by atomic mass is 32.2. The number of hydrogen-bond acceptors (Lipinski definition) is 5. The van der Waals surface area contributed by atoms with E-state index in [0.29, 0.717) is 26.3 Å². The maximum absolute atomic E-state index is 12.5. The highest BCUT2D eigenvalue weighted by Crippen LogP contribution is 2.20. The molecule has 0 bridgehead atoms. The highest BCUT2D eigenvalue weighted by molar-refractivity contribution is 7.87. The molecule has 0 aromatic rings. The van der Waals surface area contributed by atoms with E-state index in [0.717, 1.165) is 19.4 Å². The molecule has 21 heavy (non-hydrogen) atoms. The zero-order valence-electron chi connectivity index (χ0n) is 13.1. The predicted molar refractivity (Wildman–Crippen MR) is 80.3 cm³/mol. The second-order valence-electron chi connectivity index (χ2n) is 6.13. The Morgan fingerprint density at radius 2 is 2.24 bits per heavy atom. The van der Waals surface area contributed by atoms with Crippen LogP contribution in [0.4, 0.5) is 0 Å². The minimum atomic E-state index is -3.50. The van der Waals surface area contributed by atoms with Gasteiger partial charge in [-0.2, -0.15) is 12.7 Å². The van der Waals surface area contributed by atoms with Crippen LogP contribution in [0.15, 0.2) is 0 Å². The zero-order valence-corrected chi connectivity index (χ0v) is 13.9. The van der Waals surface area contributed by atoms with Crippen molar-refractivity contribution in [3.63, 3.8) is 0 Å². The molecule has 2 N–H and O–H groups in total. The molecule has 2 rings (SSSR count). The van der Waals surface area contributed by atoms with Crippen LogP contribution < -0.4 is 10.0 Å². The van der Waals surface area contributed by atoms with Crippen LogP contribution in [-0.2, 0) is 19.7 Å². The van der Waals surface area contributed by atoms with Crippen molar-refractivity contribution in [3.8, 4) is 0 Å². The molecule has 3 atom stereocenters. The van der Waals surface area contributed by atoms with E-state index in [-0.39, 0.29) is 17.7 Å². The Morgan fingerprint density at radius 3 is 2.86 bits per heavy atom.